The van der Waals surface area contributed by atoms with Gasteiger partial charge in [0.05, 0.1) is 5.60 Å². The summed E-state index contributed by atoms with van der Waals surface area (Å²) >= 11 is 0. The van der Waals surface area contributed by atoms with Crippen LogP contribution in [0.3, 0.4) is 0 Å². The van der Waals surface area contributed by atoms with Gasteiger partial charge in [-0.3, -0.25) is 0 Å². The second-order valence-corrected chi connectivity index (χ2v) is 4.89. The summed E-state index contributed by atoms with van der Waals surface area (Å²) in [6, 6.07) is 5.08. The van der Waals surface area contributed by atoms with E-state index in [0.29, 0.717) is 12.6 Å². The van der Waals surface area contributed by atoms with Crippen LogP contribution >= 0.6 is 0 Å². The minimum absolute atomic E-state index is 0.257. The Bertz CT molecular complexity index is 386. The maximum absolute atomic E-state index is 13.0. The number of aryl methyl sites for hydroxylation is 1. The molecular formula is C13H18FNO. The van der Waals surface area contributed by atoms with Gasteiger partial charge in [0.2, 0.25) is 0 Å². The monoisotopic (exact) mass is 223 g/mol. The van der Waals surface area contributed by atoms with Crippen LogP contribution in [0.15, 0.2) is 18.2 Å². The van der Waals surface area contributed by atoms with Crippen molar-refractivity contribution in [3.63, 3.8) is 0 Å². The third kappa shape index (κ3) is 2.60. The molecular weight excluding hydrogens is 205 g/mol. The minimum atomic E-state index is -0.930. The third-order valence-corrected chi connectivity index (χ3v) is 3.08. The van der Waals surface area contributed by atoms with Crippen molar-refractivity contribution in [3.05, 3.63) is 35.1 Å². The first-order valence-corrected chi connectivity index (χ1v) is 5.71. The van der Waals surface area contributed by atoms with E-state index in [2.05, 4.69) is 5.32 Å². The summed E-state index contributed by atoms with van der Waals surface area (Å²) in [5, 5.41) is 13.6. The van der Waals surface area contributed by atoms with Crippen LogP contribution in [0.5, 0.6) is 0 Å². The average molecular weight is 223 g/mol. The second kappa shape index (κ2) is 4.15. The number of hydrogen-bond donors (Lipinski definition) is 2. The Kier molecular flexibility index (Phi) is 3.00. The second-order valence-electron chi connectivity index (χ2n) is 4.89. The van der Waals surface area contributed by atoms with Crippen molar-refractivity contribution in [1.29, 1.82) is 0 Å². The summed E-state index contributed by atoms with van der Waals surface area (Å²) in [7, 11) is 0. The maximum atomic E-state index is 13.0. The van der Waals surface area contributed by atoms with Crippen LogP contribution in [0.4, 0.5) is 4.39 Å². The van der Waals surface area contributed by atoms with E-state index in [1.165, 1.54) is 25.0 Å². The van der Waals surface area contributed by atoms with Gasteiger partial charge in [-0.05, 0) is 49.9 Å². The Morgan fingerprint density at radius 2 is 2.19 bits per heavy atom. The third-order valence-electron chi connectivity index (χ3n) is 3.08. The Hall–Kier alpha value is -0.930. The molecule has 88 valence electrons. The summed E-state index contributed by atoms with van der Waals surface area (Å²) in [4.78, 5) is 0. The molecule has 0 aliphatic heterocycles. The minimum Gasteiger partial charge on any atom is -0.384 e. The number of aliphatic hydroxyl groups is 1. The first-order chi connectivity index (χ1) is 7.49. The molecule has 1 unspecified atom stereocenters. The van der Waals surface area contributed by atoms with Crippen LogP contribution in [-0.2, 0) is 5.60 Å². The molecule has 1 aromatic rings. The van der Waals surface area contributed by atoms with Gasteiger partial charge in [0, 0.05) is 12.6 Å². The van der Waals surface area contributed by atoms with Crippen molar-refractivity contribution in [2.24, 2.45) is 0 Å². The maximum Gasteiger partial charge on any atom is 0.123 e. The van der Waals surface area contributed by atoms with Crippen molar-refractivity contribution in [1.82, 2.24) is 5.32 Å². The molecule has 1 aliphatic carbocycles. The predicted molar refractivity (Wildman–Crippen MR) is 61.7 cm³/mol. The van der Waals surface area contributed by atoms with E-state index in [1.807, 2.05) is 6.92 Å². The summed E-state index contributed by atoms with van der Waals surface area (Å²) < 4.78 is 13.0. The van der Waals surface area contributed by atoms with Gasteiger partial charge in [0.25, 0.3) is 0 Å². The van der Waals surface area contributed by atoms with Crippen LogP contribution in [0.2, 0.25) is 0 Å². The van der Waals surface area contributed by atoms with E-state index in [4.69, 9.17) is 0 Å². The fourth-order valence-electron chi connectivity index (χ4n) is 1.96. The van der Waals surface area contributed by atoms with Crippen molar-refractivity contribution in [2.45, 2.75) is 38.3 Å². The lowest BCUT2D eigenvalue weighted by Gasteiger charge is -2.26. The standard InChI is InChI=1S/C13H18FNO/c1-9-7-10(14)3-6-12(9)13(2,16)8-15-11-4-5-11/h3,6-7,11,15-16H,4-5,8H2,1-2H3. The Morgan fingerprint density at radius 3 is 2.75 bits per heavy atom. The number of rotatable bonds is 4. The Morgan fingerprint density at radius 1 is 1.50 bits per heavy atom. The van der Waals surface area contributed by atoms with Crippen LogP contribution < -0.4 is 5.32 Å². The number of benzene rings is 1. The van der Waals surface area contributed by atoms with E-state index in [9.17, 15) is 9.50 Å². The van der Waals surface area contributed by atoms with Gasteiger partial charge >= 0.3 is 0 Å². The molecule has 2 N–H and O–H groups in total. The molecule has 0 saturated heterocycles. The Balaban J connectivity index is 2.12. The molecule has 1 atom stereocenters. The van der Waals surface area contributed by atoms with Gasteiger partial charge in [0.15, 0.2) is 0 Å². The van der Waals surface area contributed by atoms with Crippen molar-refractivity contribution in [2.75, 3.05) is 6.54 Å². The van der Waals surface area contributed by atoms with Gasteiger partial charge in [-0.2, -0.15) is 0 Å². The highest BCUT2D eigenvalue weighted by atomic mass is 19.1. The number of nitrogens with one attached hydrogen (secondary N) is 1. The molecule has 0 radical (unpaired) electrons. The zero-order valence-electron chi connectivity index (χ0n) is 9.76. The quantitative estimate of drug-likeness (QED) is 0.819. The molecule has 2 rings (SSSR count). The van der Waals surface area contributed by atoms with Crippen molar-refractivity contribution in [3.8, 4) is 0 Å². The lowest BCUT2D eigenvalue weighted by atomic mass is 9.92. The van der Waals surface area contributed by atoms with E-state index in [-0.39, 0.29) is 5.82 Å². The van der Waals surface area contributed by atoms with E-state index < -0.39 is 5.60 Å². The number of halogens is 1. The van der Waals surface area contributed by atoms with Crippen LogP contribution in [0, 0.1) is 12.7 Å². The van der Waals surface area contributed by atoms with Gasteiger partial charge in [-0.1, -0.05) is 6.07 Å². The highest BCUT2D eigenvalue weighted by Crippen LogP contribution is 2.26. The molecule has 0 bridgehead atoms. The molecule has 0 spiro atoms. The fraction of sp³-hybridized carbons (Fsp3) is 0.538. The van der Waals surface area contributed by atoms with E-state index in [0.717, 1.165) is 11.1 Å². The summed E-state index contributed by atoms with van der Waals surface area (Å²) in [5.74, 6) is -0.257. The van der Waals surface area contributed by atoms with E-state index in [1.54, 1.807) is 13.0 Å². The Labute approximate surface area is 95.5 Å². The van der Waals surface area contributed by atoms with Gasteiger partial charge in [-0.25, -0.2) is 4.39 Å². The highest BCUT2D eigenvalue weighted by molar-refractivity contribution is 5.31. The number of hydrogen-bond acceptors (Lipinski definition) is 2. The molecule has 1 fully saturated rings. The molecule has 2 nitrogen and oxygen atoms in total. The molecule has 0 heterocycles. The SMILES string of the molecule is Cc1cc(F)ccc1C(C)(O)CNC1CC1. The first kappa shape index (κ1) is 11.6. The molecule has 1 aromatic carbocycles. The molecule has 1 aliphatic rings. The predicted octanol–water partition coefficient (Wildman–Crippen LogP) is 2.09. The molecule has 0 amide bonds. The van der Waals surface area contributed by atoms with Crippen molar-refractivity contribution < 1.29 is 9.50 Å². The van der Waals surface area contributed by atoms with Gasteiger partial charge in [0.1, 0.15) is 5.82 Å². The summed E-state index contributed by atoms with van der Waals surface area (Å²) in [5.41, 5.74) is 0.657. The largest absolute Gasteiger partial charge is 0.384 e. The summed E-state index contributed by atoms with van der Waals surface area (Å²) in [6.45, 7) is 4.11. The fourth-order valence-corrected chi connectivity index (χ4v) is 1.96. The zero-order valence-corrected chi connectivity index (χ0v) is 9.76. The van der Waals surface area contributed by atoms with Crippen LogP contribution in [-0.4, -0.2) is 17.7 Å². The lowest BCUT2D eigenvalue weighted by molar-refractivity contribution is 0.0559. The first-order valence-electron chi connectivity index (χ1n) is 5.71. The van der Waals surface area contributed by atoms with Crippen LogP contribution in [0.1, 0.15) is 30.9 Å². The summed E-state index contributed by atoms with van der Waals surface area (Å²) in [6.07, 6.45) is 2.39. The van der Waals surface area contributed by atoms with Crippen molar-refractivity contribution >= 4 is 0 Å². The lowest BCUT2D eigenvalue weighted by Crippen LogP contribution is -2.37. The van der Waals surface area contributed by atoms with Gasteiger partial charge in [-0.15, -0.1) is 0 Å². The topological polar surface area (TPSA) is 32.3 Å². The average Bonchev–Trinajstić information content (AvgIpc) is 2.97. The van der Waals surface area contributed by atoms with Gasteiger partial charge < -0.3 is 10.4 Å². The van der Waals surface area contributed by atoms with E-state index >= 15 is 0 Å². The van der Waals surface area contributed by atoms with Crippen LogP contribution in [0.25, 0.3) is 0 Å². The molecule has 16 heavy (non-hydrogen) atoms. The molecule has 1 saturated carbocycles. The smallest absolute Gasteiger partial charge is 0.123 e. The highest BCUT2D eigenvalue weighted by Gasteiger charge is 2.29. The normalized spacial score (nSPS) is 19.5. The molecule has 3 heteroatoms. The molecule has 0 aromatic heterocycles. The zero-order chi connectivity index (χ0) is 11.8.